The molecule has 6 heteroatoms. The predicted molar refractivity (Wildman–Crippen MR) is 77.0 cm³/mol. The lowest BCUT2D eigenvalue weighted by molar-refractivity contribution is 0.0693. The molecule has 0 saturated carbocycles. The Morgan fingerprint density at radius 2 is 1.86 bits per heavy atom. The van der Waals surface area contributed by atoms with Crippen molar-refractivity contribution in [3.8, 4) is 11.5 Å². The number of hydrogen-bond donors (Lipinski definition) is 2. The maximum absolute atomic E-state index is 11.0. The molecule has 0 unspecified atom stereocenters. The average Bonchev–Trinajstić information content (AvgIpc) is 2.48. The standard InChI is InChI=1S/C15H14N2O4/c1-9-6-11(8-13(14(9)18)15(19)20)17-16-10-4-3-5-12(7-10)21-2/h3-8,18H,1-2H3,(H,19,20). The van der Waals surface area contributed by atoms with Crippen LogP contribution in [-0.4, -0.2) is 23.3 Å². The van der Waals surface area contributed by atoms with E-state index < -0.39 is 5.97 Å². The number of carbonyl (C=O) groups is 1. The highest BCUT2D eigenvalue weighted by Crippen LogP contribution is 2.29. The van der Waals surface area contributed by atoms with Crippen LogP contribution in [0, 0.1) is 6.92 Å². The molecule has 0 saturated heterocycles. The van der Waals surface area contributed by atoms with E-state index in [4.69, 9.17) is 9.84 Å². The summed E-state index contributed by atoms with van der Waals surface area (Å²) in [5.41, 5.74) is 1.16. The van der Waals surface area contributed by atoms with Gasteiger partial charge in [0, 0.05) is 6.07 Å². The topological polar surface area (TPSA) is 91.5 Å². The number of benzene rings is 2. The fourth-order valence-electron chi connectivity index (χ4n) is 1.77. The number of rotatable bonds is 4. The van der Waals surface area contributed by atoms with Gasteiger partial charge in [0.1, 0.15) is 17.1 Å². The zero-order valence-electron chi connectivity index (χ0n) is 11.6. The van der Waals surface area contributed by atoms with Gasteiger partial charge >= 0.3 is 5.97 Å². The zero-order chi connectivity index (χ0) is 15.4. The van der Waals surface area contributed by atoms with Gasteiger partial charge in [-0.25, -0.2) is 4.79 Å². The van der Waals surface area contributed by atoms with Gasteiger partial charge in [0.2, 0.25) is 0 Å². The number of ether oxygens (including phenoxy) is 1. The number of methoxy groups -OCH3 is 1. The highest BCUT2D eigenvalue weighted by Gasteiger charge is 2.13. The van der Waals surface area contributed by atoms with Crippen LogP contribution >= 0.6 is 0 Å². The fourth-order valence-corrected chi connectivity index (χ4v) is 1.77. The van der Waals surface area contributed by atoms with E-state index in [0.29, 0.717) is 22.7 Å². The van der Waals surface area contributed by atoms with Crippen LogP contribution in [-0.2, 0) is 0 Å². The molecular weight excluding hydrogens is 272 g/mol. The summed E-state index contributed by atoms with van der Waals surface area (Å²) in [6, 6.07) is 9.84. The largest absolute Gasteiger partial charge is 0.507 e. The number of hydrogen-bond acceptors (Lipinski definition) is 5. The van der Waals surface area contributed by atoms with E-state index >= 15 is 0 Å². The Hall–Kier alpha value is -2.89. The molecule has 0 aliphatic rings. The van der Waals surface area contributed by atoms with Crippen molar-refractivity contribution >= 4 is 17.3 Å². The first-order valence-corrected chi connectivity index (χ1v) is 6.14. The van der Waals surface area contributed by atoms with Crippen molar-refractivity contribution in [1.82, 2.24) is 0 Å². The molecule has 0 aliphatic carbocycles. The van der Waals surface area contributed by atoms with Crippen LogP contribution < -0.4 is 4.74 Å². The first kappa shape index (κ1) is 14.5. The Morgan fingerprint density at radius 3 is 2.52 bits per heavy atom. The fraction of sp³-hybridized carbons (Fsp3) is 0.133. The van der Waals surface area contributed by atoms with E-state index in [2.05, 4.69) is 10.2 Å². The van der Waals surface area contributed by atoms with Crippen molar-refractivity contribution in [3.63, 3.8) is 0 Å². The average molecular weight is 286 g/mol. The van der Waals surface area contributed by atoms with Crippen molar-refractivity contribution in [1.29, 1.82) is 0 Å². The third kappa shape index (κ3) is 3.36. The van der Waals surface area contributed by atoms with E-state index in [1.807, 2.05) is 0 Å². The molecule has 2 aromatic carbocycles. The monoisotopic (exact) mass is 286 g/mol. The van der Waals surface area contributed by atoms with Gasteiger partial charge in [-0.1, -0.05) is 6.07 Å². The van der Waals surface area contributed by atoms with Gasteiger partial charge in [-0.2, -0.15) is 10.2 Å². The molecule has 6 nitrogen and oxygen atoms in total. The van der Waals surface area contributed by atoms with E-state index in [0.717, 1.165) is 0 Å². The minimum Gasteiger partial charge on any atom is -0.507 e. The van der Waals surface area contributed by atoms with Gasteiger partial charge in [0.15, 0.2) is 0 Å². The summed E-state index contributed by atoms with van der Waals surface area (Å²) in [6.07, 6.45) is 0. The highest BCUT2D eigenvalue weighted by atomic mass is 16.5. The molecule has 0 heterocycles. The second kappa shape index (κ2) is 6.04. The van der Waals surface area contributed by atoms with E-state index in [9.17, 15) is 9.90 Å². The maximum atomic E-state index is 11.0. The van der Waals surface area contributed by atoms with Crippen molar-refractivity contribution in [2.24, 2.45) is 10.2 Å². The molecule has 0 radical (unpaired) electrons. The Morgan fingerprint density at radius 1 is 1.14 bits per heavy atom. The summed E-state index contributed by atoms with van der Waals surface area (Å²) in [7, 11) is 1.55. The van der Waals surface area contributed by atoms with Crippen LogP contribution in [0.25, 0.3) is 0 Å². The molecule has 2 N–H and O–H groups in total. The molecule has 2 aromatic rings. The number of aryl methyl sites for hydroxylation is 1. The van der Waals surface area contributed by atoms with Crippen molar-refractivity contribution in [2.45, 2.75) is 6.92 Å². The van der Waals surface area contributed by atoms with Gasteiger partial charge in [0.25, 0.3) is 0 Å². The molecule has 108 valence electrons. The summed E-state index contributed by atoms with van der Waals surface area (Å²) < 4.78 is 5.08. The summed E-state index contributed by atoms with van der Waals surface area (Å²) in [5.74, 6) is -0.823. The van der Waals surface area contributed by atoms with Gasteiger partial charge < -0.3 is 14.9 Å². The number of carboxylic acids is 1. The minimum absolute atomic E-state index is 0.199. The molecule has 0 atom stereocenters. The number of phenols is 1. The SMILES string of the molecule is COc1cccc(N=Nc2cc(C)c(O)c(C(=O)O)c2)c1. The summed E-state index contributed by atoms with van der Waals surface area (Å²) >= 11 is 0. The number of aromatic hydroxyl groups is 1. The number of nitrogens with zero attached hydrogens (tertiary/aromatic N) is 2. The Kier molecular flexibility index (Phi) is 4.18. The lowest BCUT2D eigenvalue weighted by Crippen LogP contribution is -1.97. The molecular formula is C15H14N2O4. The number of aromatic carboxylic acids is 1. The van der Waals surface area contributed by atoms with Gasteiger partial charge in [0.05, 0.1) is 18.5 Å². The number of carboxylic acid groups (broad SMARTS) is 1. The number of azo groups is 1. The molecule has 2 rings (SSSR count). The summed E-state index contributed by atoms with van der Waals surface area (Å²) in [6.45, 7) is 1.60. The van der Waals surface area contributed by atoms with Gasteiger partial charge in [-0.3, -0.25) is 0 Å². The molecule has 0 aliphatic heterocycles. The van der Waals surface area contributed by atoms with Gasteiger partial charge in [-0.05, 0) is 36.8 Å². The van der Waals surface area contributed by atoms with E-state index in [-0.39, 0.29) is 11.3 Å². The van der Waals surface area contributed by atoms with Crippen molar-refractivity contribution < 1.29 is 19.7 Å². The first-order chi connectivity index (χ1) is 10.0. The second-order valence-electron chi connectivity index (χ2n) is 4.37. The van der Waals surface area contributed by atoms with Crippen LogP contribution in [0.5, 0.6) is 11.5 Å². The highest BCUT2D eigenvalue weighted by molar-refractivity contribution is 5.92. The smallest absolute Gasteiger partial charge is 0.339 e. The zero-order valence-corrected chi connectivity index (χ0v) is 11.6. The lowest BCUT2D eigenvalue weighted by atomic mass is 10.1. The van der Waals surface area contributed by atoms with E-state index in [1.165, 1.54) is 6.07 Å². The molecule has 0 spiro atoms. The molecule has 0 aromatic heterocycles. The maximum Gasteiger partial charge on any atom is 0.339 e. The third-order valence-electron chi connectivity index (χ3n) is 2.85. The molecule has 0 bridgehead atoms. The second-order valence-corrected chi connectivity index (χ2v) is 4.37. The Bertz CT molecular complexity index is 711. The first-order valence-electron chi connectivity index (χ1n) is 6.14. The van der Waals surface area contributed by atoms with Crippen LogP contribution in [0.15, 0.2) is 46.6 Å². The van der Waals surface area contributed by atoms with Crippen molar-refractivity contribution in [2.75, 3.05) is 7.11 Å². The van der Waals surface area contributed by atoms with Crippen molar-refractivity contribution in [3.05, 3.63) is 47.5 Å². The molecule has 21 heavy (non-hydrogen) atoms. The summed E-state index contributed by atoms with van der Waals surface area (Å²) in [5, 5.41) is 26.7. The van der Waals surface area contributed by atoms with Crippen LogP contribution in [0.3, 0.4) is 0 Å². The quantitative estimate of drug-likeness (QED) is 0.836. The third-order valence-corrected chi connectivity index (χ3v) is 2.85. The van der Waals surface area contributed by atoms with Crippen LogP contribution in [0.4, 0.5) is 11.4 Å². The minimum atomic E-state index is -1.21. The lowest BCUT2D eigenvalue weighted by Gasteiger charge is -2.04. The Labute approximate surface area is 121 Å². The Balaban J connectivity index is 2.34. The summed E-state index contributed by atoms with van der Waals surface area (Å²) in [4.78, 5) is 11.0. The normalized spacial score (nSPS) is 10.8. The van der Waals surface area contributed by atoms with Gasteiger partial charge in [-0.15, -0.1) is 0 Å². The van der Waals surface area contributed by atoms with Crippen LogP contribution in [0.2, 0.25) is 0 Å². The molecule has 0 amide bonds. The van der Waals surface area contributed by atoms with E-state index in [1.54, 1.807) is 44.4 Å². The molecule has 0 fully saturated rings. The van der Waals surface area contributed by atoms with Crippen LogP contribution in [0.1, 0.15) is 15.9 Å². The predicted octanol–water partition coefficient (Wildman–Crippen LogP) is 3.82.